The number of non-ortho nitro benzene ring substituents is 1. The van der Waals surface area contributed by atoms with E-state index in [1.165, 1.54) is 12.1 Å². The lowest BCUT2D eigenvalue weighted by Crippen LogP contribution is -2.46. The van der Waals surface area contributed by atoms with Gasteiger partial charge in [0.15, 0.2) is 0 Å². The van der Waals surface area contributed by atoms with Crippen LogP contribution in [0.3, 0.4) is 0 Å². The van der Waals surface area contributed by atoms with Crippen LogP contribution in [0.4, 0.5) is 5.69 Å². The quantitative estimate of drug-likeness (QED) is 0.590. The molecule has 0 bridgehead atoms. The molecular formula is C14H21N3O3. The molecule has 1 aromatic rings. The van der Waals surface area contributed by atoms with Gasteiger partial charge in [-0.2, -0.15) is 0 Å². The van der Waals surface area contributed by atoms with Crippen LogP contribution in [0.25, 0.3) is 0 Å². The van der Waals surface area contributed by atoms with Gasteiger partial charge in [-0.3, -0.25) is 20.2 Å². The van der Waals surface area contributed by atoms with Crippen LogP contribution in [0, 0.1) is 16.0 Å². The lowest BCUT2D eigenvalue weighted by atomic mass is 9.98. The van der Waals surface area contributed by atoms with Gasteiger partial charge in [0.1, 0.15) is 0 Å². The number of nitrogens with one attached hydrogen (secondary N) is 1. The molecule has 0 spiro atoms. The summed E-state index contributed by atoms with van der Waals surface area (Å²) < 4.78 is 0. The normalized spacial score (nSPS) is 14.0. The first-order valence-corrected chi connectivity index (χ1v) is 6.66. The second kappa shape index (κ2) is 7.00. The minimum atomic E-state index is -0.459. The van der Waals surface area contributed by atoms with Gasteiger partial charge in [-0.05, 0) is 17.9 Å². The van der Waals surface area contributed by atoms with E-state index in [1.807, 2.05) is 26.8 Å². The standard InChI is InChI=1S/C14H21N3O3/c1-4-12(16-13(9(2)3)14(15)18)10-6-5-7-11(8-10)17(19)20/h5-9,12-13,16H,4H2,1-3H3,(H2,15,18). The molecule has 110 valence electrons. The first-order valence-electron chi connectivity index (χ1n) is 6.66. The first kappa shape index (κ1) is 16.1. The van der Waals surface area contributed by atoms with Crippen molar-refractivity contribution >= 4 is 11.6 Å². The number of nitrogens with zero attached hydrogens (tertiary/aromatic N) is 1. The van der Waals surface area contributed by atoms with E-state index in [1.54, 1.807) is 6.07 Å². The van der Waals surface area contributed by atoms with Crippen molar-refractivity contribution in [3.05, 3.63) is 39.9 Å². The Labute approximate surface area is 118 Å². The summed E-state index contributed by atoms with van der Waals surface area (Å²) >= 11 is 0. The molecule has 1 amide bonds. The van der Waals surface area contributed by atoms with Crippen LogP contribution < -0.4 is 11.1 Å². The second-order valence-electron chi connectivity index (χ2n) is 5.10. The molecule has 2 atom stereocenters. The monoisotopic (exact) mass is 279 g/mol. The topological polar surface area (TPSA) is 98.3 Å². The van der Waals surface area contributed by atoms with E-state index >= 15 is 0 Å². The molecule has 0 aliphatic carbocycles. The highest BCUT2D eigenvalue weighted by Crippen LogP contribution is 2.22. The van der Waals surface area contributed by atoms with Crippen LogP contribution in [-0.2, 0) is 4.79 Å². The van der Waals surface area contributed by atoms with Crippen molar-refractivity contribution in [2.75, 3.05) is 0 Å². The Hall–Kier alpha value is -1.95. The number of benzene rings is 1. The molecule has 0 heterocycles. The van der Waals surface area contributed by atoms with Crippen LogP contribution >= 0.6 is 0 Å². The van der Waals surface area contributed by atoms with Gasteiger partial charge in [0.2, 0.25) is 5.91 Å². The SMILES string of the molecule is CCC(NC(C(N)=O)C(C)C)c1cccc([N+](=O)[O-])c1. The minimum absolute atomic E-state index is 0.0444. The van der Waals surface area contributed by atoms with Gasteiger partial charge in [0, 0.05) is 18.2 Å². The van der Waals surface area contributed by atoms with Crippen molar-refractivity contribution in [1.82, 2.24) is 5.32 Å². The van der Waals surface area contributed by atoms with Gasteiger partial charge >= 0.3 is 0 Å². The summed E-state index contributed by atoms with van der Waals surface area (Å²) in [5, 5.41) is 14.0. The van der Waals surface area contributed by atoms with E-state index in [4.69, 9.17) is 5.73 Å². The number of hydrogen-bond donors (Lipinski definition) is 2. The van der Waals surface area contributed by atoms with Crippen LogP contribution in [0.2, 0.25) is 0 Å². The summed E-state index contributed by atoms with van der Waals surface area (Å²) in [6.07, 6.45) is 0.706. The Morgan fingerprint density at radius 2 is 2.10 bits per heavy atom. The molecule has 0 aliphatic rings. The van der Waals surface area contributed by atoms with E-state index in [9.17, 15) is 14.9 Å². The number of hydrogen-bond acceptors (Lipinski definition) is 4. The number of carbonyl (C=O) groups is 1. The average Bonchev–Trinajstić information content (AvgIpc) is 2.39. The molecule has 0 saturated heterocycles. The zero-order valence-corrected chi connectivity index (χ0v) is 12.0. The van der Waals surface area contributed by atoms with Crippen LogP contribution in [-0.4, -0.2) is 16.9 Å². The lowest BCUT2D eigenvalue weighted by molar-refractivity contribution is -0.384. The molecule has 3 N–H and O–H groups in total. The van der Waals surface area contributed by atoms with Crippen molar-refractivity contribution in [3.8, 4) is 0 Å². The molecule has 0 radical (unpaired) electrons. The summed E-state index contributed by atoms with van der Waals surface area (Å²) in [5.41, 5.74) is 6.22. The largest absolute Gasteiger partial charge is 0.368 e. The van der Waals surface area contributed by atoms with E-state index in [0.29, 0.717) is 6.42 Å². The lowest BCUT2D eigenvalue weighted by Gasteiger charge is -2.25. The van der Waals surface area contributed by atoms with Crippen molar-refractivity contribution < 1.29 is 9.72 Å². The summed E-state index contributed by atoms with van der Waals surface area (Å²) in [7, 11) is 0. The highest BCUT2D eigenvalue weighted by molar-refractivity contribution is 5.80. The fourth-order valence-corrected chi connectivity index (χ4v) is 2.12. The molecule has 6 nitrogen and oxygen atoms in total. The summed E-state index contributed by atoms with van der Waals surface area (Å²) in [6.45, 7) is 5.76. The van der Waals surface area contributed by atoms with Gasteiger partial charge in [0.25, 0.3) is 5.69 Å². The third kappa shape index (κ3) is 4.03. The predicted molar refractivity (Wildman–Crippen MR) is 77.1 cm³/mol. The summed E-state index contributed by atoms with van der Waals surface area (Å²) in [5.74, 6) is -0.357. The van der Waals surface area contributed by atoms with Crippen LogP contribution in [0.15, 0.2) is 24.3 Å². The van der Waals surface area contributed by atoms with Gasteiger partial charge in [0.05, 0.1) is 11.0 Å². The highest BCUT2D eigenvalue weighted by atomic mass is 16.6. The van der Waals surface area contributed by atoms with Gasteiger partial charge in [-0.15, -0.1) is 0 Å². The second-order valence-corrected chi connectivity index (χ2v) is 5.10. The molecular weight excluding hydrogens is 258 g/mol. The zero-order valence-electron chi connectivity index (χ0n) is 12.0. The van der Waals surface area contributed by atoms with E-state index in [-0.39, 0.29) is 17.6 Å². The number of carbonyl (C=O) groups excluding carboxylic acids is 1. The molecule has 1 aromatic carbocycles. The van der Waals surface area contributed by atoms with E-state index in [0.717, 1.165) is 5.56 Å². The van der Waals surface area contributed by atoms with Crippen molar-refractivity contribution in [2.24, 2.45) is 11.7 Å². The Balaban J connectivity index is 2.98. The molecule has 0 saturated carbocycles. The number of nitro groups is 1. The zero-order chi connectivity index (χ0) is 15.3. The Morgan fingerprint density at radius 3 is 2.55 bits per heavy atom. The average molecular weight is 279 g/mol. The number of nitro benzene ring substituents is 1. The van der Waals surface area contributed by atoms with Crippen molar-refractivity contribution in [3.63, 3.8) is 0 Å². The molecule has 0 aromatic heterocycles. The third-order valence-electron chi connectivity index (χ3n) is 3.25. The number of nitrogens with two attached hydrogens (primary N) is 1. The first-order chi connectivity index (χ1) is 9.36. The number of amides is 1. The Kier molecular flexibility index (Phi) is 5.64. The smallest absolute Gasteiger partial charge is 0.269 e. The van der Waals surface area contributed by atoms with Gasteiger partial charge in [-0.1, -0.05) is 32.9 Å². The Bertz CT molecular complexity index is 488. The van der Waals surface area contributed by atoms with Crippen molar-refractivity contribution in [1.29, 1.82) is 0 Å². The maximum absolute atomic E-state index is 11.5. The highest BCUT2D eigenvalue weighted by Gasteiger charge is 2.23. The third-order valence-corrected chi connectivity index (χ3v) is 3.25. The predicted octanol–water partition coefficient (Wildman–Crippen LogP) is 2.15. The number of primary amides is 1. The van der Waals surface area contributed by atoms with Crippen LogP contribution in [0.5, 0.6) is 0 Å². The Morgan fingerprint density at radius 1 is 1.45 bits per heavy atom. The fraction of sp³-hybridized carbons (Fsp3) is 0.500. The van der Waals surface area contributed by atoms with Crippen LogP contribution in [0.1, 0.15) is 38.8 Å². The van der Waals surface area contributed by atoms with Gasteiger partial charge in [-0.25, -0.2) is 0 Å². The molecule has 6 heteroatoms. The molecule has 1 rings (SSSR count). The maximum atomic E-state index is 11.5. The molecule has 2 unspecified atom stereocenters. The maximum Gasteiger partial charge on any atom is 0.269 e. The summed E-state index contributed by atoms with van der Waals surface area (Å²) in [6, 6.07) is 5.83. The molecule has 20 heavy (non-hydrogen) atoms. The minimum Gasteiger partial charge on any atom is -0.368 e. The van der Waals surface area contributed by atoms with Crippen molar-refractivity contribution in [2.45, 2.75) is 39.3 Å². The number of rotatable bonds is 7. The molecule has 0 fully saturated rings. The van der Waals surface area contributed by atoms with Gasteiger partial charge < -0.3 is 5.73 Å². The molecule has 0 aliphatic heterocycles. The van der Waals surface area contributed by atoms with E-state index in [2.05, 4.69) is 5.32 Å². The van der Waals surface area contributed by atoms with E-state index < -0.39 is 16.9 Å². The fourth-order valence-electron chi connectivity index (χ4n) is 2.12. The summed E-state index contributed by atoms with van der Waals surface area (Å²) in [4.78, 5) is 21.8.